The molecule has 0 saturated carbocycles. The van der Waals surface area contributed by atoms with Gasteiger partial charge < -0.3 is 36.8 Å². The third-order valence-electron chi connectivity index (χ3n) is 4.49. The Kier molecular flexibility index (Phi) is 15.1. The summed E-state index contributed by atoms with van der Waals surface area (Å²) in [5.74, 6) is -3.71. The van der Waals surface area contributed by atoms with Gasteiger partial charge in [0, 0.05) is 12.1 Å². The van der Waals surface area contributed by atoms with Crippen LogP contribution >= 0.6 is 11.8 Å². The number of carbonyl (C=O) groups excluding carboxylic acids is 2. The molecule has 34 heavy (non-hydrogen) atoms. The van der Waals surface area contributed by atoms with E-state index in [2.05, 4.69) is 0 Å². The van der Waals surface area contributed by atoms with E-state index >= 15 is 0 Å². The molecule has 0 aromatic heterocycles. The largest absolute Gasteiger partial charge is 0.480 e. The normalized spacial score (nSPS) is 16.1. The zero-order valence-corrected chi connectivity index (χ0v) is 19.5. The van der Waals surface area contributed by atoms with E-state index in [0.717, 1.165) is 10.7 Å². The molecular formula is C21H31N3O9S. The molecule has 0 radical (unpaired) electrons. The number of hydrogen-bond acceptors (Lipinski definition) is 9. The van der Waals surface area contributed by atoms with E-state index < -0.39 is 54.3 Å². The molecule has 190 valence electrons. The van der Waals surface area contributed by atoms with Crippen molar-refractivity contribution in [1.82, 2.24) is 4.90 Å². The fourth-order valence-electron chi connectivity index (χ4n) is 2.56. The molecule has 1 amide bonds. The van der Waals surface area contributed by atoms with Gasteiger partial charge in [-0.15, -0.1) is 0 Å². The van der Waals surface area contributed by atoms with E-state index in [1.807, 2.05) is 6.26 Å². The highest BCUT2D eigenvalue weighted by molar-refractivity contribution is 7.98. The van der Waals surface area contributed by atoms with E-state index in [-0.39, 0.29) is 0 Å². The monoisotopic (exact) mass is 501 g/mol. The fourth-order valence-corrected chi connectivity index (χ4v) is 3.05. The SMILES string of the molecule is CSCC[C@H](N)C(=O)O.N[C@@H](CO)C(=O)O.O=C(C(=O)N1CCC[C@H]1C(=O)O)c1ccccc1. The van der Waals surface area contributed by atoms with Crippen molar-refractivity contribution >= 4 is 41.4 Å². The van der Waals surface area contributed by atoms with Gasteiger partial charge in [0.15, 0.2) is 0 Å². The first-order chi connectivity index (χ1) is 16.0. The zero-order chi connectivity index (χ0) is 26.3. The number of rotatable bonds is 9. The highest BCUT2D eigenvalue weighted by Gasteiger charge is 2.36. The second-order valence-electron chi connectivity index (χ2n) is 7.04. The Morgan fingerprint density at radius 2 is 1.59 bits per heavy atom. The molecule has 2 rings (SSSR count). The zero-order valence-electron chi connectivity index (χ0n) is 18.7. The number of likely N-dealkylation sites (tertiary alicyclic amines) is 1. The average molecular weight is 502 g/mol. The van der Waals surface area contributed by atoms with Crippen LogP contribution in [0.2, 0.25) is 0 Å². The molecule has 1 saturated heterocycles. The molecule has 13 heteroatoms. The van der Waals surface area contributed by atoms with Gasteiger partial charge in [0.2, 0.25) is 5.78 Å². The van der Waals surface area contributed by atoms with Gasteiger partial charge in [-0.25, -0.2) is 4.79 Å². The van der Waals surface area contributed by atoms with Crippen LogP contribution in [0.4, 0.5) is 0 Å². The number of hydrogen-bond donors (Lipinski definition) is 6. The molecule has 12 nitrogen and oxygen atoms in total. The smallest absolute Gasteiger partial charge is 0.326 e. The van der Waals surface area contributed by atoms with Crippen LogP contribution in [-0.2, 0) is 19.2 Å². The molecule has 1 fully saturated rings. The number of nitrogens with two attached hydrogens (primary N) is 2. The number of thioether (sulfide) groups is 1. The molecule has 1 aromatic rings. The number of aliphatic carboxylic acids is 3. The average Bonchev–Trinajstić information content (AvgIpc) is 3.32. The number of aliphatic hydroxyl groups excluding tert-OH is 1. The topological polar surface area (TPSA) is 222 Å². The third kappa shape index (κ3) is 11.2. The number of amides is 1. The maximum atomic E-state index is 12.0. The number of carbonyl (C=O) groups is 5. The minimum Gasteiger partial charge on any atom is -0.480 e. The van der Waals surface area contributed by atoms with Crippen molar-refractivity contribution in [3.63, 3.8) is 0 Å². The lowest BCUT2D eigenvalue weighted by Gasteiger charge is -2.20. The molecule has 1 heterocycles. The lowest BCUT2D eigenvalue weighted by molar-refractivity contribution is -0.146. The van der Waals surface area contributed by atoms with E-state index in [1.165, 1.54) is 0 Å². The maximum Gasteiger partial charge on any atom is 0.326 e. The molecule has 0 unspecified atom stereocenters. The van der Waals surface area contributed by atoms with Crippen LogP contribution in [0, 0.1) is 0 Å². The van der Waals surface area contributed by atoms with Crippen LogP contribution in [0.3, 0.4) is 0 Å². The van der Waals surface area contributed by atoms with Gasteiger partial charge in [0.05, 0.1) is 6.61 Å². The standard InChI is InChI=1S/C13H13NO4.C5H11NO2S.C3H7NO3/c15-11(9-5-2-1-3-6-9)12(16)14-8-4-7-10(14)13(17)18;1-9-3-2-4(6)5(7)8;4-2(1-5)3(6)7/h1-3,5-6,10H,4,7-8H2,(H,17,18);4H,2-3,6H2,1H3,(H,7,8);2,5H,1,4H2,(H,6,7)/t10-;4-;2-/m000/s1. The number of nitrogens with zero attached hydrogens (tertiary/aromatic N) is 1. The quantitative estimate of drug-likeness (QED) is 0.186. The Labute approximate surface area is 200 Å². The van der Waals surface area contributed by atoms with Gasteiger partial charge in [-0.3, -0.25) is 19.2 Å². The molecule has 1 aromatic carbocycles. The van der Waals surface area contributed by atoms with Crippen molar-refractivity contribution < 1.29 is 44.4 Å². The van der Waals surface area contributed by atoms with Crippen LogP contribution < -0.4 is 11.5 Å². The highest BCUT2D eigenvalue weighted by Crippen LogP contribution is 2.18. The lowest BCUT2D eigenvalue weighted by atomic mass is 10.1. The van der Waals surface area contributed by atoms with Crippen LogP contribution in [0.5, 0.6) is 0 Å². The van der Waals surface area contributed by atoms with Crippen molar-refractivity contribution in [3.05, 3.63) is 35.9 Å². The number of carboxylic acids is 3. The minimum absolute atomic E-state index is 0.290. The summed E-state index contributed by atoms with van der Waals surface area (Å²) in [6.07, 6.45) is 3.50. The molecule has 1 aliphatic rings. The second-order valence-corrected chi connectivity index (χ2v) is 8.03. The predicted octanol–water partition coefficient (Wildman–Crippen LogP) is -0.513. The number of Topliss-reactive ketones (excluding diaryl/α,β-unsaturated/α-hetero) is 1. The molecule has 0 aliphatic carbocycles. The summed E-state index contributed by atoms with van der Waals surface area (Å²) in [6, 6.07) is 5.50. The van der Waals surface area contributed by atoms with Gasteiger partial charge in [0.1, 0.15) is 18.1 Å². The van der Waals surface area contributed by atoms with Crippen LogP contribution in [0.25, 0.3) is 0 Å². The Bertz CT molecular complexity index is 823. The number of benzene rings is 1. The van der Waals surface area contributed by atoms with Gasteiger partial charge in [-0.2, -0.15) is 11.8 Å². The van der Waals surface area contributed by atoms with Crippen LogP contribution in [-0.4, -0.2) is 98.2 Å². The first-order valence-corrected chi connectivity index (χ1v) is 11.6. The van der Waals surface area contributed by atoms with Crippen LogP contribution in [0.1, 0.15) is 29.6 Å². The van der Waals surface area contributed by atoms with Gasteiger partial charge in [-0.1, -0.05) is 30.3 Å². The molecule has 3 atom stereocenters. The summed E-state index contributed by atoms with van der Waals surface area (Å²) in [4.78, 5) is 55.7. The molecule has 1 aliphatic heterocycles. The summed E-state index contributed by atoms with van der Waals surface area (Å²) in [5, 5.41) is 33.2. The van der Waals surface area contributed by atoms with E-state index in [9.17, 15) is 24.0 Å². The van der Waals surface area contributed by atoms with Gasteiger partial charge >= 0.3 is 17.9 Å². The summed E-state index contributed by atoms with van der Waals surface area (Å²) < 4.78 is 0. The maximum absolute atomic E-state index is 12.0. The summed E-state index contributed by atoms with van der Waals surface area (Å²) >= 11 is 1.60. The Morgan fingerprint density at radius 1 is 1.03 bits per heavy atom. The van der Waals surface area contributed by atoms with E-state index in [4.69, 9.17) is 31.9 Å². The van der Waals surface area contributed by atoms with E-state index in [1.54, 1.807) is 42.1 Å². The second kappa shape index (κ2) is 16.6. The first kappa shape index (κ1) is 31.0. The fraction of sp³-hybridized carbons (Fsp3) is 0.476. The van der Waals surface area contributed by atoms with Crippen molar-refractivity contribution in [3.8, 4) is 0 Å². The summed E-state index contributed by atoms with van der Waals surface area (Å²) in [6.45, 7) is -0.177. The molecule has 8 N–H and O–H groups in total. The predicted molar refractivity (Wildman–Crippen MR) is 124 cm³/mol. The number of carboxylic acid groups (broad SMARTS) is 3. The first-order valence-electron chi connectivity index (χ1n) is 10.2. The summed E-state index contributed by atoms with van der Waals surface area (Å²) in [7, 11) is 0. The number of ketones is 1. The van der Waals surface area contributed by atoms with Gasteiger partial charge in [-0.05, 0) is 31.3 Å². The molecular weight excluding hydrogens is 470 g/mol. The lowest BCUT2D eigenvalue weighted by Crippen LogP contribution is -2.43. The minimum atomic E-state index is -1.18. The van der Waals surface area contributed by atoms with Crippen molar-refractivity contribution in [2.24, 2.45) is 11.5 Å². The molecule has 0 bridgehead atoms. The Hall–Kier alpha value is -3.00. The highest BCUT2D eigenvalue weighted by atomic mass is 32.2. The van der Waals surface area contributed by atoms with Crippen LogP contribution in [0.15, 0.2) is 30.3 Å². The third-order valence-corrected chi connectivity index (χ3v) is 5.14. The molecule has 0 spiro atoms. The van der Waals surface area contributed by atoms with Crippen molar-refractivity contribution in [2.75, 3.05) is 25.2 Å². The van der Waals surface area contributed by atoms with E-state index in [0.29, 0.717) is 31.4 Å². The van der Waals surface area contributed by atoms with Gasteiger partial charge in [0.25, 0.3) is 5.91 Å². The summed E-state index contributed by atoms with van der Waals surface area (Å²) in [5.41, 5.74) is 10.2. The number of aliphatic hydroxyl groups is 1. The Balaban J connectivity index is 0.000000571. The van der Waals surface area contributed by atoms with Crippen molar-refractivity contribution in [1.29, 1.82) is 0 Å². The Morgan fingerprint density at radius 3 is 2.00 bits per heavy atom. The van der Waals surface area contributed by atoms with Crippen molar-refractivity contribution in [2.45, 2.75) is 37.4 Å².